The minimum atomic E-state index is -1.62. The first-order valence-electron chi connectivity index (χ1n) is 8.11. The first-order valence-corrected chi connectivity index (χ1v) is 10.6. The molecule has 0 saturated heterocycles. The van der Waals surface area contributed by atoms with Gasteiger partial charge in [0.25, 0.3) is 0 Å². The van der Waals surface area contributed by atoms with Crippen LogP contribution in [0.5, 0.6) is 0 Å². The van der Waals surface area contributed by atoms with E-state index in [1.54, 1.807) is 0 Å². The zero-order chi connectivity index (χ0) is 16.8. The molecule has 0 amide bonds. The SMILES string of the molecule is CC[Si](CC)(CC)OCC[C@H]1OC(C)(C)OC=C1C(=O)OC. The second kappa shape index (κ2) is 8.13. The summed E-state index contributed by atoms with van der Waals surface area (Å²) in [6, 6.07) is 3.33. The first kappa shape index (κ1) is 19.2. The summed E-state index contributed by atoms with van der Waals surface area (Å²) in [7, 11) is -0.257. The van der Waals surface area contributed by atoms with Crippen LogP contribution in [0.2, 0.25) is 18.1 Å². The molecule has 0 aliphatic carbocycles. The van der Waals surface area contributed by atoms with Gasteiger partial charge in [-0.2, -0.15) is 0 Å². The minimum absolute atomic E-state index is 0.353. The van der Waals surface area contributed by atoms with Gasteiger partial charge in [0.2, 0.25) is 5.79 Å². The highest BCUT2D eigenvalue weighted by molar-refractivity contribution is 6.73. The fourth-order valence-electron chi connectivity index (χ4n) is 2.67. The molecule has 0 N–H and O–H groups in total. The van der Waals surface area contributed by atoms with Crippen LogP contribution in [0.1, 0.15) is 41.0 Å². The van der Waals surface area contributed by atoms with Crippen molar-refractivity contribution in [2.24, 2.45) is 0 Å². The van der Waals surface area contributed by atoms with E-state index in [-0.39, 0.29) is 6.10 Å². The van der Waals surface area contributed by atoms with Crippen LogP contribution in [0.3, 0.4) is 0 Å². The third-order valence-electron chi connectivity index (χ3n) is 4.39. The van der Waals surface area contributed by atoms with Gasteiger partial charge in [0.05, 0.1) is 19.5 Å². The number of hydrogen-bond donors (Lipinski definition) is 0. The summed E-state index contributed by atoms with van der Waals surface area (Å²) in [5, 5.41) is 0. The number of ether oxygens (including phenoxy) is 3. The molecule has 1 aliphatic rings. The van der Waals surface area contributed by atoms with Crippen molar-refractivity contribution in [1.82, 2.24) is 0 Å². The van der Waals surface area contributed by atoms with Crippen molar-refractivity contribution in [2.75, 3.05) is 13.7 Å². The van der Waals surface area contributed by atoms with Crippen molar-refractivity contribution in [3.63, 3.8) is 0 Å². The highest BCUT2D eigenvalue weighted by atomic mass is 28.4. The summed E-state index contributed by atoms with van der Waals surface area (Å²) < 4.78 is 22.3. The standard InChI is InChI=1S/C16H30O5Si/c1-7-22(8-2,9-3)20-11-10-14-13(15(17)18-6)12-19-16(4,5)21-14/h12,14H,7-11H2,1-6H3/t14-/m1/s1. The minimum Gasteiger partial charge on any atom is -0.470 e. The monoisotopic (exact) mass is 330 g/mol. The van der Waals surface area contributed by atoms with Gasteiger partial charge in [-0.1, -0.05) is 20.8 Å². The van der Waals surface area contributed by atoms with E-state index in [0.717, 1.165) is 18.1 Å². The summed E-state index contributed by atoms with van der Waals surface area (Å²) in [5.74, 6) is -1.15. The predicted molar refractivity (Wildman–Crippen MR) is 87.9 cm³/mol. The maximum absolute atomic E-state index is 11.8. The Kier molecular flexibility index (Phi) is 7.09. The zero-order valence-corrected chi connectivity index (χ0v) is 15.7. The summed E-state index contributed by atoms with van der Waals surface area (Å²) in [6.45, 7) is 10.9. The number of esters is 1. The number of rotatable bonds is 8. The number of methoxy groups -OCH3 is 1. The van der Waals surface area contributed by atoms with Gasteiger partial charge in [-0.25, -0.2) is 4.79 Å². The lowest BCUT2D eigenvalue weighted by atomic mass is 10.1. The summed E-state index contributed by atoms with van der Waals surface area (Å²) in [5.41, 5.74) is 0.419. The predicted octanol–water partition coefficient (Wildman–Crippen LogP) is 3.61. The van der Waals surface area contributed by atoms with E-state index in [2.05, 4.69) is 20.8 Å². The van der Waals surface area contributed by atoms with Gasteiger partial charge in [0.1, 0.15) is 5.57 Å². The summed E-state index contributed by atoms with van der Waals surface area (Å²) >= 11 is 0. The molecular formula is C16H30O5Si. The molecule has 0 saturated carbocycles. The second-order valence-corrected chi connectivity index (χ2v) is 10.8. The molecule has 128 valence electrons. The molecule has 0 bridgehead atoms. The molecule has 0 aromatic carbocycles. The van der Waals surface area contributed by atoms with Gasteiger partial charge in [-0.3, -0.25) is 0 Å². The van der Waals surface area contributed by atoms with Crippen LogP contribution in [0.25, 0.3) is 0 Å². The largest absolute Gasteiger partial charge is 0.470 e. The van der Waals surface area contributed by atoms with E-state index in [9.17, 15) is 4.79 Å². The van der Waals surface area contributed by atoms with E-state index in [4.69, 9.17) is 18.6 Å². The Bertz CT molecular complexity index is 393. The zero-order valence-electron chi connectivity index (χ0n) is 14.7. The lowest BCUT2D eigenvalue weighted by Gasteiger charge is -2.36. The Morgan fingerprint density at radius 3 is 2.36 bits per heavy atom. The Labute approximate surface area is 135 Å². The van der Waals surface area contributed by atoms with Crippen LogP contribution in [-0.2, 0) is 23.4 Å². The molecule has 1 aliphatic heterocycles. The van der Waals surface area contributed by atoms with Crippen molar-refractivity contribution in [3.8, 4) is 0 Å². The molecule has 0 unspecified atom stereocenters. The summed E-state index contributed by atoms with van der Waals surface area (Å²) in [4.78, 5) is 11.8. The lowest BCUT2D eigenvalue weighted by Crippen LogP contribution is -2.41. The van der Waals surface area contributed by atoms with Crippen LogP contribution in [0.4, 0.5) is 0 Å². The Balaban J connectivity index is 2.70. The molecule has 0 radical (unpaired) electrons. The maximum Gasteiger partial charge on any atom is 0.339 e. The number of carbonyl (C=O) groups is 1. The molecule has 0 aromatic heterocycles. The maximum atomic E-state index is 11.8. The molecule has 0 aromatic rings. The van der Waals surface area contributed by atoms with E-state index < -0.39 is 20.1 Å². The Morgan fingerprint density at radius 2 is 1.86 bits per heavy atom. The van der Waals surface area contributed by atoms with Crippen LogP contribution >= 0.6 is 0 Å². The molecular weight excluding hydrogens is 300 g/mol. The van der Waals surface area contributed by atoms with Crippen molar-refractivity contribution >= 4 is 14.3 Å². The number of hydrogen-bond acceptors (Lipinski definition) is 5. The average Bonchev–Trinajstić information content (AvgIpc) is 2.51. The van der Waals surface area contributed by atoms with Gasteiger partial charge in [-0.05, 0) is 18.1 Å². The fourth-order valence-corrected chi connectivity index (χ4v) is 5.33. The van der Waals surface area contributed by atoms with Gasteiger partial charge < -0.3 is 18.6 Å². The molecule has 1 atom stereocenters. The van der Waals surface area contributed by atoms with Gasteiger partial charge in [0.15, 0.2) is 8.32 Å². The Morgan fingerprint density at radius 1 is 1.27 bits per heavy atom. The highest BCUT2D eigenvalue weighted by Gasteiger charge is 2.36. The normalized spacial score (nSPS) is 21.0. The molecule has 0 fully saturated rings. The number of carbonyl (C=O) groups excluding carboxylic acids is 1. The van der Waals surface area contributed by atoms with Crippen LogP contribution in [0, 0.1) is 0 Å². The smallest absolute Gasteiger partial charge is 0.339 e. The molecule has 1 heterocycles. The van der Waals surface area contributed by atoms with Gasteiger partial charge in [-0.15, -0.1) is 0 Å². The molecule has 6 heteroatoms. The first-order chi connectivity index (χ1) is 10.3. The topological polar surface area (TPSA) is 54.0 Å². The van der Waals surface area contributed by atoms with Crippen molar-refractivity contribution in [2.45, 2.75) is 71.1 Å². The Hall–Kier alpha value is -0.853. The summed E-state index contributed by atoms with van der Waals surface area (Å²) in [6.07, 6.45) is 1.74. The fraction of sp³-hybridized carbons (Fsp3) is 0.812. The van der Waals surface area contributed by atoms with E-state index in [1.807, 2.05) is 13.8 Å². The molecule has 5 nitrogen and oxygen atoms in total. The van der Waals surface area contributed by atoms with Crippen molar-refractivity contribution in [3.05, 3.63) is 11.8 Å². The third kappa shape index (κ3) is 4.83. The second-order valence-electron chi connectivity index (χ2n) is 6.07. The van der Waals surface area contributed by atoms with Crippen molar-refractivity contribution < 1.29 is 23.4 Å². The van der Waals surface area contributed by atoms with Crippen LogP contribution < -0.4 is 0 Å². The van der Waals surface area contributed by atoms with Crippen LogP contribution in [0.15, 0.2) is 11.8 Å². The molecule has 0 spiro atoms. The van der Waals surface area contributed by atoms with Crippen LogP contribution in [-0.4, -0.2) is 39.9 Å². The van der Waals surface area contributed by atoms with E-state index >= 15 is 0 Å². The quantitative estimate of drug-likeness (QED) is 0.503. The van der Waals surface area contributed by atoms with Gasteiger partial charge in [0, 0.05) is 26.9 Å². The van der Waals surface area contributed by atoms with E-state index in [0.29, 0.717) is 18.6 Å². The van der Waals surface area contributed by atoms with E-state index in [1.165, 1.54) is 13.4 Å². The van der Waals surface area contributed by atoms with Crippen molar-refractivity contribution in [1.29, 1.82) is 0 Å². The average molecular weight is 330 g/mol. The molecule has 22 heavy (non-hydrogen) atoms. The molecule has 1 rings (SSSR count). The lowest BCUT2D eigenvalue weighted by molar-refractivity contribution is -0.220. The third-order valence-corrected chi connectivity index (χ3v) is 9.07. The highest BCUT2D eigenvalue weighted by Crippen LogP contribution is 2.29. The van der Waals surface area contributed by atoms with Gasteiger partial charge >= 0.3 is 5.97 Å².